The molecular formula is C17H10BrClN4O. The van der Waals surface area contributed by atoms with E-state index in [2.05, 4.69) is 37.3 Å². The molecule has 0 radical (unpaired) electrons. The predicted molar refractivity (Wildman–Crippen MR) is 95.7 cm³/mol. The number of aromatic nitrogens is 2. The molecule has 1 heterocycles. The second-order valence-electron chi connectivity index (χ2n) is 4.71. The zero-order chi connectivity index (χ0) is 16.9. The molecule has 0 amide bonds. The maximum atomic E-state index is 8.81. The minimum absolute atomic E-state index is 0.391. The summed E-state index contributed by atoms with van der Waals surface area (Å²) in [6.07, 6.45) is 1.60. The van der Waals surface area contributed by atoms with Crippen molar-refractivity contribution in [3.63, 3.8) is 0 Å². The van der Waals surface area contributed by atoms with Crippen molar-refractivity contribution in [1.29, 1.82) is 5.26 Å². The third-order valence-electron chi connectivity index (χ3n) is 3.01. The average Bonchev–Trinajstić information content (AvgIpc) is 2.58. The van der Waals surface area contributed by atoms with E-state index in [9.17, 15) is 0 Å². The lowest BCUT2D eigenvalue weighted by Crippen LogP contribution is -1.98. The van der Waals surface area contributed by atoms with Gasteiger partial charge in [-0.2, -0.15) is 10.2 Å². The highest BCUT2D eigenvalue weighted by atomic mass is 79.9. The fourth-order valence-corrected chi connectivity index (χ4v) is 2.65. The van der Waals surface area contributed by atoms with Gasteiger partial charge in [-0.1, -0.05) is 11.6 Å². The highest BCUT2D eigenvalue weighted by molar-refractivity contribution is 9.10. The second-order valence-corrected chi connectivity index (χ2v) is 6.00. The van der Waals surface area contributed by atoms with Crippen LogP contribution in [0.25, 0.3) is 0 Å². The van der Waals surface area contributed by atoms with Crippen molar-refractivity contribution < 1.29 is 4.74 Å². The van der Waals surface area contributed by atoms with Gasteiger partial charge in [0, 0.05) is 23.0 Å². The third-order valence-corrected chi connectivity index (χ3v) is 3.86. The van der Waals surface area contributed by atoms with Crippen molar-refractivity contribution >= 4 is 39.2 Å². The highest BCUT2D eigenvalue weighted by Crippen LogP contribution is 2.31. The van der Waals surface area contributed by atoms with Crippen LogP contribution in [0.4, 0.5) is 11.6 Å². The van der Waals surface area contributed by atoms with Gasteiger partial charge in [-0.25, -0.2) is 4.98 Å². The molecule has 0 bridgehead atoms. The Morgan fingerprint density at radius 2 is 1.92 bits per heavy atom. The summed E-state index contributed by atoms with van der Waals surface area (Å²) in [5.74, 6) is 1.38. The summed E-state index contributed by atoms with van der Waals surface area (Å²) < 4.78 is 6.47. The van der Waals surface area contributed by atoms with Crippen molar-refractivity contribution in [2.75, 3.05) is 5.32 Å². The van der Waals surface area contributed by atoms with Crippen molar-refractivity contribution in [3.8, 4) is 17.7 Å². The largest absolute Gasteiger partial charge is 0.438 e. The number of nitriles is 1. The van der Waals surface area contributed by atoms with Crippen LogP contribution in [0.1, 0.15) is 5.56 Å². The number of halogens is 2. The van der Waals surface area contributed by atoms with Crippen LogP contribution in [0.5, 0.6) is 11.6 Å². The summed E-state index contributed by atoms with van der Waals surface area (Å²) >= 11 is 9.31. The molecule has 0 saturated heterocycles. The van der Waals surface area contributed by atoms with Crippen molar-refractivity contribution in [2.24, 2.45) is 0 Å². The first-order chi connectivity index (χ1) is 11.6. The van der Waals surface area contributed by atoms with Gasteiger partial charge in [0.25, 0.3) is 0 Å². The Balaban J connectivity index is 1.77. The number of nitrogens with zero attached hydrogens (tertiary/aromatic N) is 3. The quantitative estimate of drug-likeness (QED) is 0.642. The molecule has 3 rings (SSSR count). The van der Waals surface area contributed by atoms with E-state index < -0.39 is 0 Å². The Bertz CT molecular complexity index is 909. The van der Waals surface area contributed by atoms with Crippen LogP contribution in [0.15, 0.2) is 59.2 Å². The zero-order valence-corrected chi connectivity index (χ0v) is 14.5. The normalized spacial score (nSPS) is 10.0. The van der Waals surface area contributed by atoms with E-state index in [4.69, 9.17) is 21.6 Å². The summed E-state index contributed by atoms with van der Waals surface area (Å²) in [7, 11) is 0. The van der Waals surface area contributed by atoms with Gasteiger partial charge in [-0.15, -0.1) is 0 Å². The third kappa shape index (κ3) is 4.02. The minimum Gasteiger partial charge on any atom is -0.438 e. The monoisotopic (exact) mass is 400 g/mol. The van der Waals surface area contributed by atoms with Crippen LogP contribution >= 0.6 is 27.5 Å². The Kier molecular flexibility index (Phi) is 4.94. The molecule has 0 atom stereocenters. The van der Waals surface area contributed by atoms with Gasteiger partial charge in [-0.05, 0) is 58.4 Å². The number of ether oxygens (including phenoxy) is 1. The Hall–Kier alpha value is -2.62. The first-order valence-corrected chi connectivity index (χ1v) is 8.04. The molecule has 7 heteroatoms. The molecule has 0 aliphatic carbocycles. The molecule has 0 aliphatic heterocycles. The zero-order valence-electron chi connectivity index (χ0n) is 12.2. The molecule has 0 unspecified atom stereocenters. The van der Waals surface area contributed by atoms with E-state index in [1.54, 1.807) is 54.7 Å². The minimum atomic E-state index is 0.391. The van der Waals surface area contributed by atoms with E-state index in [1.165, 1.54) is 0 Å². The van der Waals surface area contributed by atoms with E-state index in [0.717, 1.165) is 10.2 Å². The smallest absolute Gasteiger partial charge is 0.230 e. The molecule has 2 aromatic carbocycles. The summed E-state index contributed by atoms with van der Waals surface area (Å²) in [6.45, 7) is 0. The predicted octanol–water partition coefficient (Wildman–Crippen LogP) is 5.30. The van der Waals surface area contributed by atoms with Gasteiger partial charge >= 0.3 is 0 Å². The van der Waals surface area contributed by atoms with Crippen LogP contribution in [0.3, 0.4) is 0 Å². The SMILES string of the molecule is N#Cc1ccc(Nc2nccc(Oc3ccc(Cl)cc3Br)n2)cc1. The molecule has 1 N–H and O–H groups in total. The van der Waals surface area contributed by atoms with Crippen LogP contribution in [0.2, 0.25) is 5.02 Å². The molecule has 1 aromatic heterocycles. The Morgan fingerprint density at radius 1 is 1.12 bits per heavy atom. The number of nitrogens with one attached hydrogen (secondary N) is 1. The summed E-state index contributed by atoms with van der Waals surface area (Å²) in [4.78, 5) is 8.46. The molecule has 0 saturated carbocycles. The van der Waals surface area contributed by atoms with E-state index in [0.29, 0.717) is 28.2 Å². The fraction of sp³-hybridized carbons (Fsp3) is 0. The van der Waals surface area contributed by atoms with Crippen molar-refractivity contribution in [2.45, 2.75) is 0 Å². The van der Waals surface area contributed by atoms with Gasteiger partial charge in [0.1, 0.15) is 5.75 Å². The number of anilines is 2. The molecule has 5 nitrogen and oxygen atoms in total. The van der Waals surface area contributed by atoms with Gasteiger partial charge in [0.2, 0.25) is 11.8 Å². The summed E-state index contributed by atoms with van der Waals surface area (Å²) in [6, 6.07) is 16.0. The molecule has 0 fully saturated rings. The molecule has 0 spiro atoms. The number of benzene rings is 2. The number of hydrogen-bond acceptors (Lipinski definition) is 5. The lowest BCUT2D eigenvalue weighted by atomic mass is 10.2. The second kappa shape index (κ2) is 7.30. The van der Waals surface area contributed by atoms with E-state index in [1.807, 2.05) is 0 Å². The first kappa shape index (κ1) is 16.2. The van der Waals surface area contributed by atoms with E-state index in [-0.39, 0.29) is 0 Å². The van der Waals surface area contributed by atoms with Gasteiger partial charge in [0.15, 0.2) is 0 Å². The Morgan fingerprint density at radius 3 is 2.62 bits per heavy atom. The average molecular weight is 402 g/mol. The molecule has 0 aliphatic rings. The lowest BCUT2D eigenvalue weighted by Gasteiger charge is -2.09. The standard InChI is InChI=1S/C17H10BrClN4O/c18-14-9-12(19)3-6-15(14)24-16-7-8-21-17(23-16)22-13-4-1-11(10-20)2-5-13/h1-9H,(H,21,22,23). The lowest BCUT2D eigenvalue weighted by molar-refractivity contribution is 0.459. The maximum Gasteiger partial charge on any atom is 0.230 e. The van der Waals surface area contributed by atoms with Crippen LogP contribution in [0, 0.1) is 11.3 Å². The first-order valence-electron chi connectivity index (χ1n) is 6.87. The molecule has 24 heavy (non-hydrogen) atoms. The maximum absolute atomic E-state index is 8.81. The van der Waals surface area contributed by atoms with Crippen molar-refractivity contribution in [3.05, 3.63) is 69.8 Å². The van der Waals surface area contributed by atoms with Crippen LogP contribution in [-0.2, 0) is 0 Å². The van der Waals surface area contributed by atoms with Crippen molar-refractivity contribution in [1.82, 2.24) is 9.97 Å². The number of rotatable bonds is 4. The molecule has 3 aromatic rings. The molecular weight excluding hydrogens is 392 g/mol. The molecule has 118 valence electrons. The van der Waals surface area contributed by atoms with Crippen LogP contribution < -0.4 is 10.1 Å². The number of hydrogen-bond donors (Lipinski definition) is 1. The fourth-order valence-electron chi connectivity index (χ4n) is 1.89. The summed E-state index contributed by atoms with van der Waals surface area (Å²) in [5, 5.41) is 12.5. The Labute approximate surface area is 152 Å². The van der Waals surface area contributed by atoms with Crippen LogP contribution in [-0.4, -0.2) is 9.97 Å². The highest BCUT2D eigenvalue weighted by Gasteiger charge is 2.06. The topological polar surface area (TPSA) is 70.8 Å². The van der Waals surface area contributed by atoms with Gasteiger partial charge in [-0.3, -0.25) is 0 Å². The van der Waals surface area contributed by atoms with Gasteiger partial charge < -0.3 is 10.1 Å². The summed E-state index contributed by atoms with van der Waals surface area (Å²) in [5.41, 5.74) is 1.37. The van der Waals surface area contributed by atoms with Gasteiger partial charge in [0.05, 0.1) is 16.1 Å². The van der Waals surface area contributed by atoms with E-state index >= 15 is 0 Å².